The number of ether oxygens (including phenoxy) is 2. The van der Waals surface area contributed by atoms with Crippen molar-refractivity contribution >= 4 is 25.7 Å². The van der Waals surface area contributed by atoms with Gasteiger partial charge in [-0.3, -0.25) is 23.4 Å². The number of furan rings is 2. The predicted molar refractivity (Wildman–Crippen MR) is 247 cm³/mol. The van der Waals surface area contributed by atoms with Gasteiger partial charge < -0.3 is 34.0 Å². The largest absolute Gasteiger partial charge is 0.480 e. The minimum Gasteiger partial charge on any atom is -0.480 e. The van der Waals surface area contributed by atoms with Gasteiger partial charge in [-0.1, -0.05) is 117 Å². The van der Waals surface area contributed by atoms with Gasteiger partial charge in [0.25, 0.3) is 0 Å². The molecule has 0 radical (unpaired) electrons. The quantitative estimate of drug-likeness (QED) is 0.0324. The zero-order valence-electron chi connectivity index (χ0n) is 39.7. The molecule has 0 aliphatic rings. The highest BCUT2D eigenvalue weighted by atomic mass is 31.2. The van der Waals surface area contributed by atoms with Gasteiger partial charge in [-0.25, -0.2) is 4.57 Å². The SMILES string of the molecule is CCCCCc1cc(C)c(CCCCCCCCC(=O)OC(COC(=O)CCCCCCCCCCCCc2oc(CCCCC)c(C)c2C)COP(=O)(O)OCC(N)C(=O)O)o1. The summed E-state index contributed by atoms with van der Waals surface area (Å²) < 4.78 is 45.2. The van der Waals surface area contributed by atoms with E-state index in [-0.39, 0.29) is 19.4 Å². The molecule has 63 heavy (non-hydrogen) atoms. The summed E-state index contributed by atoms with van der Waals surface area (Å²) in [5, 5.41) is 8.93. The second-order valence-corrected chi connectivity index (χ2v) is 18.8. The van der Waals surface area contributed by atoms with Crippen molar-refractivity contribution in [2.45, 2.75) is 227 Å². The molecular formula is C49H84NO12P. The van der Waals surface area contributed by atoms with E-state index in [0.717, 1.165) is 101 Å². The first-order valence-electron chi connectivity index (χ1n) is 24.4. The van der Waals surface area contributed by atoms with Crippen LogP contribution >= 0.6 is 7.82 Å². The Hall–Kier alpha value is -2.96. The lowest BCUT2D eigenvalue weighted by Gasteiger charge is -2.20. The minimum atomic E-state index is -4.74. The molecule has 14 heteroatoms. The molecule has 3 atom stereocenters. The second-order valence-electron chi connectivity index (χ2n) is 17.4. The number of hydrogen-bond acceptors (Lipinski definition) is 11. The van der Waals surface area contributed by atoms with Crippen LogP contribution in [0, 0.1) is 20.8 Å². The van der Waals surface area contributed by atoms with Crippen LogP contribution in [-0.2, 0) is 63.2 Å². The summed E-state index contributed by atoms with van der Waals surface area (Å²) in [5.74, 6) is 2.08. The Morgan fingerprint density at radius 1 is 0.603 bits per heavy atom. The number of aliphatic carboxylic acids is 1. The number of esters is 2. The Labute approximate surface area is 378 Å². The Balaban J connectivity index is 1.62. The highest BCUT2D eigenvalue weighted by Gasteiger charge is 2.28. The van der Waals surface area contributed by atoms with E-state index in [1.54, 1.807) is 0 Å². The first kappa shape index (κ1) is 56.2. The Morgan fingerprint density at radius 3 is 1.57 bits per heavy atom. The van der Waals surface area contributed by atoms with Gasteiger partial charge >= 0.3 is 25.7 Å². The standard InChI is InChI=1S/C49H84NO12P/c1-6-8-22-28-41-34-38(3)44(60-41)29-24-18-16-17-21-27-33-48(52)61-42(36-58-63(55,56)59-37-43(50)49(53)54)35-57-47(51)32-26-20-15-13-11-10-12-14-19-25-31-46-40(5)39(4)45(62-46)30-23-9-7-2/h34,42-43H,6-33,35-37,50H2,1-5H3,(H,53,54)(H,55,56). The van der Waals surface area contributed by atoms with E-state index in [1.807, 2.05) is 0 Å². The minimum absolute atomic E-state index is 0.128. The topological polar surface area (TPSA) is 198 Å². The maximum absolute atomic E-state index is 12.7. The smallest absolute Gasteiger partial charge is 0.472 e. The molecule has 0 aliphatic carbocycles. The van der Waals surface area contributed by atoms with Crippen LogP contribution in [0.4, 0.5) is 0 Å². The lowest BCUT2D eigenvalue weighted by molar-refractivity contribution is -0.161. The second kappa shape index (κ2) is 33.5. The average molecular weight is 910 g/mol. The number of unbranched alkanes of at least 4 members (excludes halogenated alkanes) is 18. The zero-order chi connectivity index (χ0) is 46.3. The maximum Gasteiger partial charge on any atom is 0.472 e. The van der Waals surface area contributed by atoms with Crippen LogP contribution in [0.2, 0.25) is 0 Å². The molecular weight excluding hydrogens is 826 g/mol. The molecule has 13 nitrogen and oxygen atoms in total. The average Bonchev–Trinajstić information content (AvgIpc) is 3.74. The normalized spacial score (nSPS) is 13.5. The summed E-state index contributed by atoms with van der Waals surface area (Å²) in [4.78, 5) is 46.3. The van der Waals surface area contributed by atoms with Crippen molar-refractivity contribution in [3.63, 3.8) is 0 Å². The molecule has 0 spiro atoms. The number of nitrogens with two attached hydrogens (primary N) is 1. The Morgan fingerprint density at radius 2 is 1.05 bits per heavy atom. The van der Waals surface area contributed by atoms with Gasteiger partial charge in [0.1, 0.15) is 35.7 Å². The molecule has 362 valence electrons. The third kappa shape index (κ3) is 25.9. The lowest BCUT2D eigenvalue weighted by Crippen LogP contribution is -2.34. The van der Waals surface area contributed by atoms with Gasteiger partial charge in [0.05, 0.1) is 13.2 Å². The maximum atomic E-state index is 12.7. The molecule has 2 rings (SSSR count). The highest BCUT2D eigenvalue weighted by molar-refractivity contribution is 7.47. The van der Waals surface area contributed by atoms with E-state index in [9.17, 15) is 23.8 Å². The van der Waals surface area contributed by atoms with E-state index >= 15 is 0 Å². The van der Waals surface area contributed by atoms with E-state index in [4.69, 9.17) is 33.7 Å². The van der Waals surface area contributed by atoms with Crippen molar-refractivity contribution in [2.24, 2.45) is 5.73 Å². The van der Waals surface area contributed by atoms with Crippen LogP contribution in [0.25, 0.3) is 0 Å². The molecule has 0 saturated carbocycles. The number of carbonyl (C=O) groups excluding carboxylic acids is 2. The van der Waals surface area contributed by atoms with E-state index in [0.29, 0.717) is 12.8 Å². The molecule has 4 N–H and O–H groups in total. The number of carboxylic acids is 1. The number of carbonyl (C=O) groups is 3. The Bertz CT molecular complexity index is 1600. The predicted octanol–water partition coefficient (Wildman–Crippen LogP) is 12.1. The van der Waals surface area contributed by atoms with Crippen molar-refractivity contribution in [3.8, 4) is 0 Å². The monoisotopic (exact) mass is 910 g/mol. The first-order valence-corrected chi connectivity index (χ1v) is 25.9. The zero-order valence-corrected chi connectivity index (χ0v) is 40.5. The van der Waals surface area contributed by atoms with Crippen molar-refractivity contribution in [1.82, 2.24) is 0 Å². The summed E-state index contributed by atoms with van der Waals surface area (Å²) in [6, 6.07) is 0.634. The van der Waals surface area contributed by atoms with E-state index in [2.05, 4.69) is 45.2 Å². The summed E-state index contributed by atoms with van der Waals surface area (Å²) in [6.07, 6.45) is 26.8. The lowest BCUT2D eigenvalue weighted by atomic mass is 10.0. The van der Waals surface area contributed by atoms with Crippen LogP contribution < -0.4 is 5.73 Å². The molecule has 3 unspecified atom stereocenters. The van der Waals surface area contributed by atoms with Crippen molar-refractivity contribution in [2.75, 3.05) is 19.8 Å². The molecule has 0 bridgehead atoms. The molecule has 2 aromatic heterocycles. The molecule has 0 aliphatic heterocycles. The van der Waals surface area contributed by atoms with Crippen LogP contribution in [-0.4, -0.2) is 59.9 Å². The van der Waals surface area contributed by atoms with Crippen molar-refractivity contribution in [1.29, 1.82) is 0 Å². The summed E-state index contributed by atoms with van der Waals surface area (Å²) >= 11 is 0. The summed E-state index contributed by atoms with van der Waals surface area (Å²) in [7, 11) is -4.74. The van der Waals surface area contributed by atoms with Gasteiger partial charge in [0.2, 0.25) is 0 Å². The molecule has 2 heterocycles. The Kier molecular flexibility index (Phi) is 29.9. The molecule has 2 aromatic rings. The van der Waals surface area contributed by atoms with Gasteiger partial charge in [-0.15, -0.1) is 0 Å². The summed E-state index contributed by atoms with van der Waals surface area (Å²) in [5.41, 5.74) is 9.24. The van der Waals surface area contributed by atoms with Gasteiger partial charge in [-0.2, -0.15) is 0 Å². The fourth-order valence-electron chi connectivity index (χ4n) is 7.55. The van der Waals surface area contributed by atoms with E-state index < -0.39 is 51.1 Å². The molecule has 0 saturated heterocycles. The van der Waals surface area contributed by atoms with Crippen molar-refractivity contribution in [3.05, 3.63) is 45.8 Å². The number of aryl methyl sites for hydroxylation is 5. The van der Waals surface area contributed by atoms with E-state index in [1.165, 1.54) is 92.4 Å². The number of phosphoric acid groups is 1. The third-order valence-electron chi connectivity index (χ3n) is 11.7. The number of carboxylic acid groups (broad SMARTS) is 1. The van der Waals surface area contributed by atoms with Crippen LogP contribution in [0.1, 0.15) is 208 Å². The van der Waals surface area contributed by atoms with Crippen LogP contribution in [0.5, 0.6) is 0 Å². The highest BCUT2D eigenvalue weighted by Crippen LogP contribution is 2.43. The summed E-state index contributed by atoms with van der Waals surface area (Å²) in [6.45, 7) is 9.18. The van der Waals surface area contributed by atoms with Crippen LogP contribution in [0.15, 0.2) is 14.9 Å². The first-order chi connectivity index (χ1) is 30.3. The number of hydrogen-bond donors (Lipinski definition) is 3. The van der Waals surface area contributed by atoms with Gasteiger partial charge in [-0.05, 0) is 82.1 Å². The van der Waals surface area contributed by atoms with Crippen molar-refractivity contribution < 1.29 is 56.3 Å². The van der Waals surface area contributed by atoms with Crippen LogP contribution in [0.3, 0.4) is 0 Å². The molecule has 0 fully saturated rings. The van der Waals surface area contributed by atoms with Gasteiger partial charge in [0, 0.05) is 38.5 Å². The molecule has 0 amide bonds. The molecule has 0 aromatic carbocycles. The number of rotatable bonds is 40. The number of phosphoric ester groups is 1. The van der Waals surface area contributed by atoms with Gasteiger partial charge in [0.15, 0.2) is 6.10 Å². The fraction of sp³-hybridized carbons (Fsp3) is 0.776. The fourth-order valence-corrected chi connectivity index (χ4v) is 8.33. The third-order valence-corrected chi connectivity index (χ3v) is 12.7.